The van der Waals surface area contributed by atoms with Gasteiger partial charge in [0.2, 0.25) is 0 Å². The minimum absolute atomic E-state index is 0.771. The van der Waals surface area contributed by atoms with Crippen LogP contribution in [0, 0.1) is 5.92 Å². The molecule has 0 N–H and O–H groups in total. The third-order valence-corrected chi connectivity index (χ3v) is 3.36. The molecule has 1 aliphatic carbocycles. The fraction of sp³-hybridized carbons (Fsp3) is 0.692. The molecule has 0 amide bonds. The first-order valence-electron chi connectivity index (χ1n) is 6.16. The molecule has 0 aliphatic heterocycles. The molecule has 1 fully saturated rings. The van der Waals surface area contributed by atoms with Crippen molar-refractivity contribution in [1.82, 2.24) is 9.97 Å². The fourth-order valence-corrected chi connectivity index (χ4v) is 2.31. The van der Waals surface area contributed by atoms with Gasteiger partial charge in [-0.25, -0.2) is 9.97 Å². The smallest absolute Gasteiger partial charge is 0.115 e. The van der Waals surface area contributed by atoms with Crippen LogP contribution in [0.3, 0.4) is 0 Å². The van der Waals surface area contributed by atoms with Gasteiger partial charge in [0.15, 0.2) is 0 Å². The minimum Gasteiger partial charge on any atom is -0.245 e. The molecule has 2 atom stereocenters. The van der Waals surface area contributed by atoms with Crippen LogP contribution in [0.15, 0.2) is 18.7 Å². The molecule has 2 rings (SSSR count). The van der Waals surface area contributed by atoms with Gasteiger partial charge in [-0.05, 0) is 30.2 Å². The van der Waals surface area contributed by atoms with Gasteiger partial charge in [0.05, 0.1) is 0 Å². The van der Waals surface area contributed by atoms with E-state index in [2.05, 4.69) is 16.9 Å². The quantitative estimate of drug-likeness (QED) is 0.662. The van der Waals surface area contributed by atoms with Gasteiger partial charge in [-0.1, -0.05) is 32.6 Å². The first-order chi connectivity index (χ1) is 7.42. The lowest BCUT2D eigenvalue weighted by Gasteiger charge is -1.99. The minimum atomic E-state index is 0.771. The van der Waals surface area contributed by atoms with E-state index < -0.39 is 0 Å². The molecule has 0 saturated heterocycles. The summed E-state index contributed by atoms with van der Waals surface area (Å²) < 4.78 is 0. The molecule has 0 bridgehead atoms. The van der Waals surface area contributed by atoms with Gasteiger partial charge >= 0.3 is 0 Å². The van der Waals surface area contributed by atoms with Crippen LogP contribution in [0.4, 0.5) is 0 Å². The Bertz CT molecular complexity index is 284. The number of rotatable bonds is 6. The number of unbranched alkanes of at least 4 members (excludes halogenated alkanes) is 3. The monoisotopic (exact) mass is 204 g/mol. The maximum Gasteiger partial charge on any atom is 0.115 e. The summed E-state index contributed by atoms with van der Waals surface area (Å²) in [4.78, 5) is 8.16. The number of hydrogen-bond donors (Lipinski definition) is 0. The summed E-state index contributed by atoms with van der Waals surface area (Å²) in [6.07, 6.45) is 13.9. The summed E-state index contributed by atoms with van der Waals surface area (Å²) in [6.45, 7) is 2.27. The predicted molar refractivity (Wildman–Crippen MR) is 61.6 cm³/mol. The van der Waals surface area contributed by atoms with E-state index in [0.717, 1.165) is 11.8 Å². The largest absolute Gasteiger partial charge is 0.245 e. The second-order valence-corrected chi connectivity index (χ2v) is 4.62. The van der Waals surface area contributed by atoms with Crippen molar-refractivity contribution in [2.45, 2.75) is 51.4 Å². The molecule has 2 nitrogen and oxygen atoms in total. The van der Waals surface area contributed by atoms with Crippen molar-refractivity contribution in [3.63, 3.8) is 0 Å². The molecule has 2 heteroatoms. The molecule has 82 valence electrons. The van der Waals surface area contributed by atoms with Crippen LogP contribution in [0.5, 0.6) is 0 Å². The highest BCUT2D eigenvalue weighted by atomic mass is 14.8. The zero-order valence-corrected chi connectivity index (χ0v) is 9.52. The Labute approximate surface area is 92.1 Å². The van der Waals surface area contributed by atoms with Crippen LogP contribution >= 0.6 is 0 Å². The van der Waals surface area contributed by atoms with Gasteiger partial charge in [-0.2, -0.15) is 0 Å². The SMILES string of the molecule is CCCCCC[C@H]1C[C@@H]1c1cncnc1. The zero-order chi connectivity index (χ0) is 10.5. The Morgan fingerprint density at radius 2 is 2.00 bits per heavy atom. The fourth-order valence-electron chi connectivity index (χ4n) is 2.31. The van der Waals surface area contributed by atoms with Crippen molar-refractivity contribution in [1.29, 1.82) is 0 Å². The topological polar surface area (TPSA) is 25.8 Å². The summed E-state index contributed by atoms with van der Waals surface area (Å²) in [5.41, 5.74) is 1.35. The Kier molecular flexibility index (Phi) is 3.70. The average molecular weight is 204 g/mol. The molecule has 0 unspecified atom stereocenters. The second-order valence-electron chi connectivity index (χ2n) is 4.62. The maximum absolute atomic E-state index is 4.08. The summed E-state index contributed by atoms with van der Waals surface area (Å²) in [6, 6.07) is 0. The van der Waals surface area contributed by atoms with E-state index in [1.165, 1.54) is 44.1 Å². The van der Waals surface area contributed by atoms with Crippen LogP contribution in [0.25, 0.3) is 0 Å². The highest BCUT2D eigenvalue weighted by Crippen LogP contribution is 2.49. The van der Waals surface area contributed by atoms with E-state index in [-0.39, 0.29) is 0 Å². The lowest BCUT2D eigenvalue weighted by atomic mass is 10.1. The molecule has 1 aromatic rings. The first kappa shape index (κ1) is 10.6. The molecule has 0 aromatic carbocycles. The van der Waals surface area contributed by atoms with E-state index in [4.69, 9.17) is 0 Å². The highest BCUT2D eigenvalue weighted by molar-refractivity contribution is 5.19. The van der Waals surface area contributed by atoms with Gasteiger partial charge in [0.25, 0.3) is 0 Å². The van der Waals surface area contributed by atoms with Crippen LogP contribution < -0.4 is 0 Å². The molecule has 1 heterocycles. The van der Waals surface area contributed by atoms with Gasteiger partial charge in [0, 0.05) is 12.4 Å². The molecular formula is C13H20N2. The molecular weight excluding hydrogens is 184 g/mol. The summed E-state index contributed by atoms with van der Waals surface area (Å²) in [7, 11) is 0. The van der Waals surface area contributed by atoms with Crippen LogP contribution in [0.1, 0.15) is 56.9 Å². The van der Waals surface area contributed by atoms with Crippen LogP contribution in [-0.4, -0.2) is 9.97 Å². The molecule has 1 saturated carbocycles. The van der Waals surface area contributed by atoms with Crippen LogP contribution in [0.2, 0.25) is 0 Å². The Morgan fingerprint density at radius 3 is 2.73 bits per heavy atom. The number of hydrogen-bond acceptors (Lipinski definition) is 2. The van der Waals surface area contributed by atoms with Crippen molar-refractivity contribution >= 4 is 0 Å². The molecule has 15 heavy (non-hydrogen) atoms. The highest BCUT2D eigenvalue weighted by Gasteiger charge is 2.37. The molecule has 1 aromatic heterocycles. The van der Waals surface area contributed by atoms with Crippen molar-refractivity contribution in [2.75, 3.05) is 0 Å². The standard InChI is InChI=1S/C13H20N2/c1-2-3-4-5-6-11-7-13(11)12-8-14-10-15-9-12/h8-11,13H,2-7H2,1H3/t11-,13-/m0/s1. The van der Waals surface area contributed by atoms with Crippen molar-refractivity contribution in [3.8, 4) is 0 Å². The van der Waals surface area contributed by atoms with Gasteiger partial charge < -0.3 is 0 Å². The van der Waals surface area contributed by atoms with Crippen molar-refractivity contribution in [3.05, 3.63) is 24.3 Å². The Balaban J connectivity index is 1.68. The first-order valence-corrected chi connectivity index (χ1v) is 6.16. The normalized spacial score (nSPS) is 24.1. The zero-order valence-electron chi connectivity index (χ0n) is 9.52. The lowest BCUT2D eigenvalue weighted by Crippen LogP contribution is -1.87. The molecule has 0 spiro atoms. The summed E-state index contributed by atoms with van der Waals surface area (Å²) >= 11 is 0. The van der Waals surface area contributed by atoms with Crippen molar-refractivity contribution in [2.24, 2.45) is 5.92 Å². The van der Waals surface area contributed by atoms with E-state index in [1.807, 2.05) is 12.4 Å². The van der Waals surface area contributed by atoms with E-state index >= 15 is 0 Å². The van der Waals surface area contributed by atoms with E-state index in [1.54, 1.807) is 6.33 Å². The molecule has 0 radical (unpaired) electrons. The van der Waals surface area contributed by atoms with Gasteiger partial charge in [-0.3, -0.25) is 0 Å². The number of aromatic nitrogens is 2. The maximum atomic E-state index is 4.08. The third kappa shape index (κ3) is 3.01. The van der Waals surface area contributed by atoms with E-state index in [0.29, 0.717) is 0 Å². The van der Waals surface area contributed by atoms with Gasteiger partial charge in [0.1, 0.15) is 6.33 Å². The average Bonchev–Trinajstić information content (AvgIpc) is 3.05. The lowest BCUT2D eigenvalue weighted by molar-refractivity contribution is 0.588. The summed E-state index contributed by atoms with van der Waals surface area (Å²) in [5.74, 6) is 1.70. The predicted octanol–water partition coefficient (Wildman–Crippen LogP) is 3.55. The number of nitrogens with zero attached hydrogens (tertiary/aromatic N) is 2. The van der Waals surface area contributed by atoms with Gasteiger partial charge in [-0.15, -0.1) is 0 Å². The third-order valence-electron chi connectivity index (χ3n) is 3.36. The van der Waals surface area contributed by atoms with Crippen molar-refractivity contribution < 1.29 is 0 Å². The Morgan fingerprint density at radius 1 is 1.20 bits per heavy atom. The summed E-state index contributed by atoms with van der Waals surface area (Å²) in [5, 5.41) is 0. The van der Waals surface area contributed by atoms with E-state index in [9.17, 15) is 0 Å². The second kappa shape index (κ2) is 5.24. The molecule has 1 aliphatic rings. The van der Waals surface area contributed by atoms with Crippen LogP contribution in [-0.2, 0) is 0 Å². The Hall–Kier alpha value is -0.920.